The molecule has 2 heterocycles. The number of rotatable bonds is 1. The zero-order valence-corrected chi connectivity index (χ0v) is 12.4. The summed E-state index contributed by atoms with van der Waals surface area (Å²) in [5.41, 5.74) is 0.242. The van der Waals surface area contributed by atoms with Crippen LogP contribution in [0.3, 0.4) is 0 Å². The first-order valence-corrected chi connectivity index (χ1v) is 7.42. The predicted molar refractivity (Wildman–Crippen MR) is 80.0 cm³/mol. The van der Waals surface area contributed by atoms with Crippen LogP contribution in [0.25, 0.3) is 6.08 Å². The maximum absolute atomic E-state index is 13.2. The van der Waals surface area contributed by atoms with E-state index in [1.54, 1.807) is 5.01 Å². The molecule has 3 rings (SSSR count). The number of phenolic OH excluding ortho intramolecular Hbond substituents is 1. The van der Waals surface area contributed by atoms with Gasteiger partial charge in [0.15, 0.2) is 5.17 Å². The van der Waals surface area contributed by atoms with E-state index in [9.17, 15) is 14.3 Å². The van der Waals surface area contributed by atoms with Gasteiger partial charge in [0.25, 0.3) is 5.91 Å². The fraction of sp³-hybridized carbons (Fsp3) is 0.231. The monoisotopic (exact) mass is 327 g/mol. The number of benzene rings is 1. The smallest absolute Gasteiger partial charge is 0.286 e. The van der Waals surface area contributed by atoms with Crippen molar-refractivity contribution < 1.29 is 14.3 Å². The maximum atomic E-state index is 13.2. The van der Waals surface area contributed by atoms with Crippen molar-refractivity contribution in [2.45, 2.75) is 6.42 Å². The number of phenols is 1. The molecule has 1 aromatic rings. The lowest BCUT2D eigenvalue weighted by atomic mass is 10.2. The molecule has 110 valence electrons. The van der Waals surface area contributed by atoms with Gasteiger partial charge in [0.05, 0.1) is 4.91 Å². The molecular weight excluding hydrogens is 317 g/mol. The van der Waals surface area contributed by atoms with Gasteiger partial charge in [-0.15, -0.1) is 4.53 Å². The molecule has 5 nitrogen and oxygen atoms in total. The van der Waals surface area contributed by atoms with Crippen LogP contribution in [0.5, 0.6) is 5.75 Å². The lowest BCUT2D eigenvalue weighted by Gasteiger charge is -2.21. The van der Waals surface area contributed by atoms with Crippen LogP contribution in [0.2, 0.25) is 0 Å². The molecule has 2 aliphatic heterocycles. The fourth-order valence-electron chi connectivity index (χ4n) is 2.06. The third-order valence-corrected chi connectivity index (χ3v) is 4.43. The van der Waals surface area contributed by atoms with Gasteiger partial charge < -0.3 is 5.11 Å². The van der Waals surface area contributed by atoms with Gasteiger partial charge in [-0.05, 0) is 54.2 Å². The number of thioether (sulfide) groups is 1. The van der Waals surface area contributed by atoms with Crippen LogP contribution in [0.1, 0.15) is 12.0 Å². The first-order valence-electron chi connectivity index (χ1n) is 6.26. The number of carbonyl (C=O) groups excluding carboxylic acids is 1. The highest BCUT2D eigenvalue weighted by atomic mass is 35.5. The minimum absolute atomic E-state index is 0.0918. The summed E-state index contributed by atoms with van der Waals surface area (Å²) in [4.78, 5) is 16.2. The molecule has 0 atom stereocenters. The molecule has 2 aliphatic rings. The van der Waals surface area contributed by atoms with Gasteiger partial charge >= 0.3 is 0 Å². The van der Waals surface area contributed by atoms with E-state index in [0.29, 0.717) is 23.2 Å². The van der Waals surface area contributed by atoms with Crippen LogP contribution in [0.15, 0.2) is 28.1 Å². The lowest BCUT2D eigenvalue weighted by Crippen LogP contribution is -2.32. The second-order valence-electron chi connectivity index (χ2n) is 4.55. The zero-order chi connectivity index (χ0) is 15.0. The van der Waals surface area contributed by atoms with Gasteiger partial charge in [0.1, 0.15) is 11.6 Å². The van der Waals surface area contributed by atoms with Gasteiger partial charge in [-0.25, -0.2) is 4.39 Å². The Morgan fingerprint density at radius 2 is 2.24 bits per heavy atom. The van der Waals surface area contributed by atoms with Crippen LogP contribution in [-0.4, -0.2) is 38.8 Å². The van der Waals surface area contributed by atoms with Crippen molar-refractivity contribution in [1.82, 2.24) is 9.54 Å². The van der Waals surface area contributed by atoms with Crippen molar-refractivity contribution in [3.63, 3.8) is 0 Å². The van der Waals surface area contributed by atoms with E-state index >= 15 is 0 Å². The molecule has 8 heteroatoms. The number of hydrogen-bond acceptors (Lipinski definition) is 5. The number of aliphatic imine (C=N–C) groups is 1. The number of amidine groups is 1. The summed E-state index contributed by atoms with van der Waals surface area (Å²) in [5.74, 6) is -0.996. The topological polar surface area (TPSA) is 56.1 Å². The van der Waals surface area contributed by atoms with Crippen molar-refractivity contribution in [3.8, 4) is 5.75 Å². The molecule has 0 aromatic heterocycles. The Balaban J connectivity index is 1.84. The highest BCUT2D eigenvalue weighted by Gasteiger charge is 2.31. The maximum Gasteiger partial charge on any atom is 0.286 e. The SMILES string of the molecule is O=C1N=C(N2CCCN2Cl)S/C1=C\c1cc(F)ccc1O. The van der Waals surface area contributed by atoms with E-state index in [4.69, 9.17) is 11.8 Å². The van der Waals surface area contributed by atoms with E-state index in [2.05, 4.69) is 4.99 Å². The van der Waals surface area contributed by atoms with Gasteiger partial charge in [-0.2, -0.15) is 4.99 Å². The van der Waals surface area contributed by atoms with E-state index < -0.39 is 11.7 Å². The Bertz CT molecular complexity index is 665. The predicted octanol–water partition coefficient (Wildman–Crippen LogP) is 2.58. The molecule has 0 aliphatic carbocycles. The third kappa shape index (κ3) is 2.90. The zero-order valence-electron chi connectivity index (χ0n) is 10.8. The van der Waals surface area contributed by atoms with Crippen molar-refractivity contribution in [1.29, 1.82) is 0 Å². The summed E-state index contributed by atoms with van der Waals surface area (Å²) in [5, 5.41) is 11.9. The van der Waals surface area contributed by atoms with E-state index in [-0.39, 0.29) is 11.3 Å². The van der Waals surface area contributed by atoms with Gasteiger partial charge in [0, 0.05) is 18.7 Å². The van der Waals surface area contributed by atoms with Crippen LogP contribution in [0.4, 0.5) is 4.39 Å². The van der Waals surface area contributed by atoms with Crippen LogP contribution in [-0.2, 0) is 4.79 Å². The van der Waals surface area contributed by atoms with E-state index in [0.717, 1.165) is 30.3 Å². The molecule has 1 fully saturated rings. The standard InChI is InChI=1S/C13H11ClFN3O2S/c14-18-5-1-4-17(18)13-16-12(20)11(21-13)7-8-6-9(15)2-3-10(8)19/h2-3,6-7,19H,1,4-5H2/b11-7-. The summed E-state index contributed by atoms with van der Waals surface area (Å²) >= 11 is 7.16. The Morgan fingerprint density at radius 1 is 1.43 bits per heavy atom. The largest absolute Gasteiger partial charge is 0.507 e. The Labute approximate surface area is 129 Å². The summed E-state index contributed by atoms with van der Waals surface area (Å²) in [6.07, 6.45) is 2.32. The molecule has 1 aromatic carbocycles. The average Bonchev–Trinajstić information content (AvgIpc) is 3.01. The summed E-state index contributed by atoms with van der Waals surface area (Å²) in [6.45, 7) is 1.39. The first-order chi connectivity index (χ1) is 10.0. The van der Waals surface area contributed by atoms with Crippen molar-refractivity contribution in [3.05, 3.63) is 34.5 Å². The number of nitrogens with zero attached hydrogens (tertiary/aromatic N) is 3. The number of hydrazine groups is 1. The number of amides is 1. The number of hydrogen-bond donors (Lipinski definition) is 1. The molecule has 0 spiro atoms. The van der Waals surface area contributed by atoms with Crippen LogP contribution < -0.4 is 0 Å². The number of carbonyl (C=O) groups is 1. The number of aromatic hydroxyl groups is 1. The Kier molecular flexibility index (Phi) is 3.88. The Hall–Kier alpha value is -1.57. The molecule has 0 saturated carbocycles. The van der Waals surface area contributed by atoms with Crippen LogP contribution in [0, 0.1) is 5.82 Å². The van der Waals surface area contributed by atoms with Crippen molar-refractivity contribution in [2.24, 2.45) is 4.99 Å². The van der Waals surface area contributed by atoms with Gasteiger partial charge in [-0.3, -0.25) is 9.80 Å². The van der Waals surface area contributed by atoms with Crippen molar-refractivity contribution >= 4 is 40.7 Å². The molecule has 1 saturated heterocycles. The summed E-state index contributed by atoms with van der Waals surface area (Å²) in [6, 6.07) is 3.56. The first kappa shape index (κ1) is 14.4. The minimum atomic E-state index is -0.484. The highest BCUT2D eigenvalue weighted by molar-refractivity contribution is 8.18. The van der Waals surface area contributed by atoms with Gasteiger partial charge in [-0.1, -0.05) is 0 Å². The van der Waals surface area contributed by atoms with Gasteiger partial charge in [0.2, 0.25) is 0 Å². The normalized spacial score (nSPS) is 21.4. The quantitative estimate of drug-likeness (QED) is 0.634. The fourth-order valence-corrected chi connectivity index (χ4v) is 3.31. The molecular formula is C13H11ClFN3O2S. The molecule has 0 radical (unpaired) electrons. The van der Waals surface area contributed by atoms with Crippen molar-refractivity contribution in [2.75, 3.05) is 13.1 Å². The highest BCUT2D eigenvalue weighted by Crippen LogP contribution is 2.34. The second-order valence-corrected chi connectivity index (χ2v) is 5.95. The lowest BCUT2D eigenvalue weighted by molar-refractivity contribution is -0.113. The molecule has 0 bridgehead atoms. The summed E-state index contributed by atoms with van der Waals surface area (Å²) < 4.78 is 14.7. The van der Waals surface area contributed by atoms with E-state index in [1.807, 2.05) is 0 Å². The van der Waals surface area contributed by atoms with Crippen LogP contribution >= 0.6 is 23.5 Å². The molecule has 1 N–H and O–H groups in total. The molecule has 1 amide bonds. The molecule has 21 heavy (non-hydrogen) atoms. The second kappa shape index (κ2) is 5.67. The Morgan fingerprint density at radius 3 is 2.95 bits per heavy atom. The third-order valence-electron chi connectivity index (χ3n) is 3.08. The average molecular weight is 328 g/mol. The van der Waals surface area contributed by atoms with E-state index in [1.165, 1.54) is 16.7 Å². The molecule has 0 unspecified atom stereocenters. The summed E-state index contributed by atoms with van der Waals surface area (Å²) in [7, 11) is 0. The minimum Gasteiger partial charge on any atom is -0.507 e. The number of halogens is 2.